The van der Waals surface area contributed by atoms with Gasteiger partial charge in [-0.1, -0.05) is 12.1 Å². The Bertz CT molecular complexity index is 693. The number of rotatable bonds is 3. The molecule has 0 aliphatic heterocycles. The second kappa shape index (κ2) is 5.84. The number of nitrogen functional groups attached to an aromatic ring is 1. The van der Waals surface area contributed by atoms with Gasteiger partial charge >= 0.3 is 0 Å². The fraction of sp³-hybridized carbons (Fsp3) is 0.0625. The molecule has 3 nitrogen and oxygen atoms in total. The van der Waals surface area contributed by atoms with Gasteiger partial charge in [0.1, 0.15) is 5.75 Å². The maximum atomic E-state index is 12.0. The van der Waals surface area contributed by atoms with Crippen LogP contribution < -0.4 is 5.73 Å². The van der Waals surface area contributed by atoms with E-state index in [1.165, 1.54) is 18.2 Å². The molecule has 2 aromatic rings. The quantitative estimate of drug-likeness (QED) is 0.350. The number of aryl methyl sites for hydroxylation is 1. The molecule has 20 heavy (non-hydrogen) atoms. The highest BCUT2D eigenvalue weighted by molar-refractivity contribution is 7.80. The first-order valence-electron chi connectivity index (χ1n) is 6.08. The molecular formula is C16H15NO2S. The van der Waals surface area contributed by atoms with Crippen LogP contribution in [0.1, 0.15) is 21.5 Å². The van der Waals surface area contributed by atoms with Gasteiger partial charge < -0.3 is 10.8 Å². The molecule has 0 spiro atoms. The van der Waals surface area contributed by atoms with Crippen LogP contribution in [0.15, 0.2) is 47.4 Å². The van der Waals surface area contributed by atoms with Crippen molar-refractivity contribution in [3.05, 3.63) is 59.2 Å². The van der Waals surface area contributed by atoms with Gasteiger partial charge in [-0.2, -0.15) is 0 Å². The molecule has 0 saturated carbocycles. The number of hydrogen-bond acceptors (Lipinski definition) is 4. The smallest absolute Gasteiger partial charge is 0.189 e. The largest absolute Gasteiger partial charge is 0.507 e. The lowest BCUT2D eigenvalue weighted by Gasteiger charge is -2.03. The highest BCUT2D eigenvalue weighted by Crippen LogP contribution is 2.22. The molecule has 0 aliphatic rings. The van der Waals surface area contributed by atoms with Crippen molar-refractivity contribution in [3.8, 4) is 5.75 Å². The third-order valence-corrected chi connectivity index (χ3v) is 3.27. The number of carbonyl (C=O) groups is 1. The Morgan fingerprint density at radius 3 is 2.65 bits per heavy atom. The second-order valence-electron chi connectivity index (χ2n) is 4.54. The Morgan fingerprint density at radius 1 is 1.25 bits per heavy atom. The third-order valence-electron chi connectivity index (χ3n) is 2.89. The molecule has 2 rings (SSSR count). The van der Waals surface area contributed by atoms with Crippen molar-refractivity contribution >= 4 is 30.2 Å². The van der Waals surface area contributed by atoms with E-state index in [2.05, 4.69) is 12.6 Å². The number of phenols is 1. The molecule has 0 bridgehead atoms. The van der Waals surface area contributed by atoms with Gasteiger partial charge in [0.25, 0.3) is 0 Å². The minimum Gasteiger partial charge on any atom is -0.507 e. The van der Waals surface area contributed by atoms with Crippen LogP contribution in [0.3, 0.4) is 0 Å². The number of nitrogens with two attached hydrogens (primary N) is 1. The zero-order valence-corrected chi connectivity index (χ0v) is 11.9. The third kappa shape index (κ3) is 3.22. The van der Waals surface area contributed by atoms with Crippen LogP contribution in [0, 0.1) is 6.92 Å². The van der Waals surface area contributed by atoms with Gasteiger partial charge in [0, 0.05) is 16.6 Å². The molecule has 0 amide bonds. The highest BCUT2D eigenvalue weighted by Gasteiger charge is 2.08. The lowest BCUT2D eigenvalue weighted by atomic mass is 10.1. The average Bonchev–Trinajstić information content (AvgIpc) is 2.37. The van der Waals surface area contributed by atoms with E-state index in [0.29, 0.717) is 5.69 Å². The Morgan fingerprint density at radius 2 is 2.00 bits per heavy atom. The van der Waals surface area contributed by atoms with Crippen molar-refractivity contribution in [3.63, 3.8) is 0 Å². The van der Waals surface area contributed by atoms with Crippen LogP contribution >= 0.6 is 12.6 Å². The molecule has 0 radical (unpaired) electrons. The molecule has 0 unspecified atom stereocenters. The van der Waals surface area contributed by atoms with Crippen molar-refractivity contribution in [2.24, 2.45) is 0 Å². The monoisotopic (exact) mass is 285 g/mol. The normalized spacial score (nSPS) is 10.9. The molecule has 4 heteroatoms. The molecule has 0 fully saturated rings. The minimum absolute atomic E-state index is 0.116. The first kappa shape index (κ1) is 14.2. The Labute approximate surface area is 123 Å². The van der Waals surface area contributed by atoms with E-state index >= 15 is 0 Å². The molecule has 3 N–H and O–H groups in total. The Kier molecular flexibility index (Phi) is 4.15. The van der Waals surface area contributed by atoms with E-state index in [4.69, 9.17) is 5.73 Å². The predicted octanol–water partition coefficient (Wildman–Crippen LogP) is 3.47. The molecule has 0 saturated heterocycles. The topological polar surface area (TPSA) is 63.3 Å². The van der Waals surface area contributed by atoms with Gasteiger partial charge in [-0.15, -0.1) is 12.6 Å². The summed E-state index contributed by atoms with van der Waals surface area (Å²) in [6, 6.07) is 10.2. The summed E-state index contributed by atoms with van der Waals surface area (Å²) in [5.41, 5.74) is 8.12. The van der Waals surface area contributed by atoms with Gasteiger partial charge in [-0.05, 0) is 48.4 Å². The zero-order valence-electron chi connectivity index (χ0n) is 11.0. The first-order valence-corrected chi connectivity index (χ1v) is 6.52. The summed E-state index contributed by atoms with van der Waals surface area (Å²) in [5, 5.41) is 9.70. The predicted molar refractivity (Wildman–Crippen MR) is 84.3 cm³/mol. The van der Waals surface area contributed by atoms with Gasteiger partial charge in [0.2, 0.25) is 0 Å². The number of carbonyl (C=O) groups excluding carboxylic acids is 1. The highest BCUT2D eigenvalue weighted by atomic mass is 32.1. The van der Waals surface area contributed by atoms with Crippen molar-refractivity contribution < 1.29 is 9.90 Å². The summed E-state index contributed by atoms with van der Waals surface area (Å²) in [4.78, 5) is 12.8. The van der Waals surface area contributed by atoms with Crippen LogP contribution in [0.25, 0.3) is 6.08 Å². The molecular weight excluding hydrogens is 270 g/mol. The van der Waals surface area contributed by atoms with Crippen molar-refractivity contribution in [1.29, 1.82) is 0 Å². The number of benzene rings is 2. The van der Waals surface area contributed by atoms with E-state index in [1.54, 1.807) is 12.1 Å². The van der Waals surface area contributed by atoms with E-state index in [-0.39, 0.29) is 17.1 Å². The molecule has 0 aliphatic carbocycles. The number of aromatic hydroxyl groups is 1. The zero-order chi connectivity index (χ0) is 14.7. The summed E-state index contributed by atoms with van der Waals surface area (Å²) in [7, 11) is 0. The molecule has 0 aromatic heterocycles. The van der Waals surface area contributed by atoms with E-state index < -0.39 is 0 Å². The summed E-state index contributed by atoms with van der Waals surface area (Å²) < 4.78 is 0. The van der Waals surface area contributed by atoms with Crippen molar-refractivity contribution in [2.45, 2.75) is 11.8 Å². The maximum Gasteiger partial charge on any atom is 0.189 e. The van der Waals surface area contributed by atoms with Gasteiger partial charge in [-0.3, -0.25) is 4.79 Å². The van der Waals surface area contributed by atoms with E-state index in [9.17, 15) is 9.90 Å². The Hall–Kier alpha value is -2.20. The fourth-order valence-corrected chi connectivity index (χ4v) is 2.16. The molecule has 2 aromatic carbocycles. The minimum atomic E-state index is -0.282. The van der Waals surface area contributed by atoms with Crippen LogP contribution in [-0.4, -0.2) is 10.9 Å². The van der Waals surface area contributed by atoms with Gasteiger partial charge in [-0.25, -0.2) is 0 Å². The van der Waals surface area contributed by atoms with Gasteiger partial charge in [0.05, 0.1) is 5.56 Å². The van der Waals surface area contributed by atoms with Crippen molar-refractivity contribution in [2.75, 3.05) is 5.73 Å². The molecule has 0 atom stereocenters. The standard InChI is InChI=1S/C16H15NO2S/c1-10-2-3-11(16(20)8-10)4-7-14(18)13-6-5-12(17)9-15(13)19/h2-9,19-20H,17H2,1H3/b7-4+. The molecule has 102 valence electrons. The number of hydrogen-bond donors (Lipinski definition) is 3. The summed E-state index contributed by atoms with van der Waals surface area (Å²) in [5.74, 6) is -0.398. The summed E-state index contributed by atoms with van der Waals surface area (Å²) in [6.07, 6.45) is 3.09. The van der Waals surface area contributed by atoms with Crippen LogP contribution in [0.5, 0.6) is 5.75 Å². The van der Waals surface area contributed by atoms with Gasteiger partial charge in [0.15, 0.2) is 5.78 Å². The number of thiol groups is 1. The number of anilines is 1. The van der Waals surface area contributed by atoms with Crippen LogP contribution in [0.2, 0.25) is 0 Å². The average molecular weight is 285 g/mol. The van der Waals surface area contributed by atoms with Crippen LogP contribution in [-0.2, 0) is 0 Å². The maximum absolute atomic E-state index is 12.0. The fourth-order valence-electron chi connectivity index (χ4n) is 1.81. The number of ketones is 1. The number of phenolic OH excluding ortho intramolecular Hbond substituents is 1. The summed E-state index contributed by atoms with van der Waals surface area (Å²) >= 11 is 4.36. The van der Waals surface area contributed by atoms with Crippen molar-refractivity contribution in [1.82, 2.24) is 0 Å². The lowest BCUT2D eigenvalue weighted by molar-refractivity contribution is 0.104. The SMILES string of the molecule is Cc1ccc(/C=C/C(=O)c2ccc(N)cc2O)c(S)c1. The summed E-state index contributed by atoms with van der Waals surface area (Å²) in [6.45, 7) is 1.98. The van der Waals surface area contributed by atoms with Crippen LogP contribution in [0.4, 0.5) is 5.69 Å². The molecule has 0 heterocycles. The Balaban J connectivity index is 2.24. The lowest BCUT2D eigenvalue weighted by Crippen LogP contribution is -1.96. The van der Waals surface area contributed by atoms with E-state index in [1.807, 2.05) is 25.1 Å². The first-order chi connectivity index (χ1) is 9.47. The second-order valence-corrected chi connectivity index (χ2v) is 5.02. The number of allylic oxidation sites excluding steroid dienone is 1. The van der Waals surface area contributed by atoms with E-state index in [0.717, 1.165) is 16.0 Å².